The molecule has 2 N–H and O–H groups in total. The lowest BCUT2D eigenvalue weighted by Crippen LogP contribution is -2.44. The van der Waals surface area contributed by atoms with E-state index in [4.69, 9.17) is 4.74 Å². The third kappa shape index (κ3) is 4.72. The Morgan fingerprint density at radius 2 is 2.00 bits per heavy atom. The van der Waals surface area contributed by atoms with Crippen molar-refractivity contribution in [3.8, 4) is 5.75 Å². The number of nitrogens with zero attached hydrogens (tertiary/aromatic N) is 5. The van der Waals surface area contributed by atoms with Gasteiger partial charge in [0.1, 0.15) is 29.6 Å². The molecule has 4 heterocycles. The molecule has 3 aliphatic rings. The van der Waals surface area contributed by atoms with Crippen LogP contribution in [0.1, 0.15) is 30.7 Å². The molecule has 34 heavy (non-hydrogen) atoms. The number of nitrogens with one attached hydrogen (secondary N) is 2. The predicted octanol–water partition coefficient (Wildman–Crippen LogP) is 2.03. The summed E-state index contributed by atoms with van der Waals surface area (Å²) in [7, 11) is 2.09. The number of likely N-dealkylation sites (N-methyl/N-ethyl adjacent to an activating group) is 1. The summed E-state index contributed by atoms with van der Waals surface area (Å²) in [6.45, 7) is 3.18. The van der Waals surface area contributed by atoms with Crippen molar-refractivity contribution in [1.82, 2.24) is 19.8 Å². The highest BCUT2D eigenvalue weighted by molar-refractivity contribution is 6.13. The molecule has 0 saturated carbocycles. The second kappa shape index (κ2) is 9.76. The van der Waals surface area contributed by atoms with E-state index >= 15 is 0 Å². The molecule has 10 nitrogen and oxygen atoms in total. The summed E-state index contributed by atoms with van der Waals surface area (Å²) in [6.07, 6.45) is 5.98. The highest BCUT2D eigenvalue weighted by Gasteiger charge is 2.34. The molecular formula is C24H29N7O3. The minimum atomic E-state index is -0.596. The van der Waals surface area contributed by atoms with Gasteiger partial charge in [-0.2, -0.15) is 0 Å². The first-order valence-electron chi connectivity index (χ1n) is 11.7. The van der Waals surface area contributed by atoms with Crippen molar-refractivity contribution >= 4 is 35.4 Å². The van der Waals surface area contributed by atoms with E-state index in [1.165, 1.54) is 6.33 Å². The summed E-state index contributed by atoms with van der Waals surface area (Å²) in [5, 5.41) is 6.19. The van der Waals surface area contributed by atoms with Gasteiger partial charge < -0.3 is 25.2 Å². The minimum absolute atomic E-state index is 0.00356. The summed E-state index contributed by atoms with van der Waals surface area (Å²) in [4.78, 5) is 42.9. The summed E-state index contributed by atoms with van der Waals surface area (Å²) in [6, 6.07) is 7.42. The predicted molar refractivity (Wildman–Crippen MR) is 129 cm³/mol. The smallest absolute Gasteiger partial charge is 0.260 e. The van der Waals surface area contributed by atoms with E-state index in [1.807, 2.05) is 17.0 Å². The van der Waals surface area contributed by atoms with Crippen LogP contribution in [0.2, 0.25) is 0 Å². The first kappa shape index (κ1) is 22.3. The average molecular weight is 464 g/mol. The van der Waals surface area contributed by atoms with Crippen LogP contribution >= 0.6 is 0 Å². The van der Waals surface area contributed by atoms with Crippen molar-refractivity contribution in [2.75, 3.05) is 50.5 Å². The Morgan fingerprint density at radius 3 is 2.91 bits per heavy atom. The van der Waals surface area contributed by atoms with E-state index in [9.17, 15) is 9.59 Å². The Balaban J connectivity index is 1.42. The maximum Gasteiger partial charge on any atom is 0.260 e. The number of fused-ring (bicyclic) bond motifs is 3. The van der Waals surface area contributed by atoms with Gasteiger partial charge in [-0.15, -0.1) is 0 Å². The van der Waals surface area contributed by atoms with Crippen LogP contribution in [-0.4, -0.2) is 83.7 Å². The number of rotatable bonds is 0. The van der Waals surface area contributed by atoms with Crippen molar-refractivity contribution in [2.24, 2.45) is 4.99 Å². The maximum atomic E-state index is 12.9. The molecule has 1 aromatic carbocycles. The van der Waals surface area contributed by atoms with E-state index in [0.29, 0.717) is 35.2 Å². The molecular weight excluding hydrogens is 434 g/mol. The highest BCUT2D eigenvalue weighted by atomic mass is 16.5. The largest absolute Gasteiger partial charge is 0.484 e. The van der Waals surface area contributed by atoms with Crippen molar-refractivity contribution in [3.05, 3.63) is 36.2 Å². The molecule has 1 saturated heterocycles. The Hall–Kier alpha value is -3.53. The van der Waals surface area contributed by atoms with Gasteiger partial charge in [-0.05, 0) is 45.0 Å². The molecule has 1 aromatic heterocycles. The average Bonchev–Trinajstić information content (AvgIpc) is 3.42. The Labute approximate surface area is 198 Å². The number of amides is 2. The molecule has 10 heteroatoms. The lowest BCUT2D eigenvalue weighted by atomic mass is 10.0. The van der Waals surface area contributed by atoms with Crippen LogP contribution < -0.4 is 15.4 Å². The third-order valence-electron chi connectivity index (χ3n) is 6.50. The van der Waals surface area contributed by atoms with E-state index in [1.54, 1.807) is 18.3 Å². The van der Waals surface area contributed by atoms with E-state index in [0.717, 1.165) is 38.9 Å². The highest BCUT2D eigenvalue weighted by Crippen LogP contribution is 2.35. The summed E-state index contributed by atoms with van der Waals surface area (Å²) in [5.74, 6) is 0.946. The van der Waals surface area contributed by atoms with Gasteiger partial charge in [0, 0.05) is 38.0 Å². The van der Waals surface area contributed by atoms with Gasteiger partial charge in [0.2, 0.25) is 5.91 Å². The zero-order valence-corrected chi connectivity index (χ0v) is 19.2. The fraction of sp³-hybridized carbons (Fsp3) is 0.458. The van der Waals surface area contributed by atoms with Crippen LogP contribution in [0.5, 0.6) is 5.75 Å². The van der Waals surface area contributed by atoms with Gasteiger partial charge in [0.15, 0.2) is 6.61 Å². The first-order valence-corrected chi connectivity index (χ1v) is 11.7. The zero-order chi connectivity index (χ0) is 23.5. The number of benzene rings is 1. The Morgan fingerprint density at radius 1 is 1.12 bits per heavy atom. The normalized spacial score (nSPS) is 23.6. The van der Waals surface area contributed by atoms with Crippen molar-refractivity contribution < 1.29 is 14.3 Å². The number of carbonyl (C=O) groups is 2. The number of hydrogen-bond acceptors (Lipinski definition) is 8. The topological polar surface area (TPSA) is 112 Å². The Bertz CT molecular complexity index is 1110. The second-order valence-electron chi connectivity index (χ2n) is 8.94. The van der Waals surface area contributed by atoms with E-state index in [2.05, 4.69) is 37.5 Å². The molecule has 178 valence electrons. The monoisotopic (exact) mass is 463 g/mol. The van der Waals surface area contributed by atoms with Crippen LogP contribution in [0.25, 0.3) is 0 Å². The third-order valence-corrected chi connectivity index (χ3v) is 6.50. The number of aliphatic imine (C=N–C) groups is 1. The molecule has 2 bridgehead atoms. The standard InChI is InChI=1S/C24H29N7O3/c1-30-9-4-8-25-22-21-19(24(33)29-23(21)28-15-27-22)12-26-16-5-2-7-18(11-16)34-14-20(32)31-10-3-6-17(31)13-30/h2,5,7,11-12,15,17,19H,3-4,6,8-10,13-14H2,1H3,(H2,25,27,28,29,33)/t17-,19?/m1/s1. The Kier molecular flexibility index (Phi) is 6.39. The van der Waals surface area contributed by atoms with Gasteiger partial charge >= 0.3 is 0 Å². The SMILES string of the molecule is CN1CCCNc2ncnc3c2C(C=Nc2cccc(c2)OCC(=O)N2CCC[C@@H]2C1)C(=O)N3. The van der Waals surface area contributed by atoms with Crippen LogP contribution in [0.4, 0.5) is 17.3 Å². The number of carbonyl (C=O) groups excluding carboxylic acids is 2. The van der Waals surface area contributed by atoms with E-state index in [-0.39, 0.29) is 24.5 Å². The summed E-state index contributed by atoms with van der Waals surface area (Å²) < 4.78 is 5.81. The molecule has 2 amide bonds. The molecule has 0 spiro atoms. The zero-order valence-electron chi connectivity index (χ0n) is 19.2. The lowest BCUT2D eigenvalue weighted by Gasteiger charge is -2.29. The molecule has 1 fully saturated rings. The molecule has 0 radical (unpaired) electrons. The van der Waals surface area contributed by atoms with Crippen molar-refractivity contribution in [2.45, 2.75) is 31.2 Å². The van der Waals surface area contributed by atoms with Crippen LogP contribution in [0.15, 0.2) is 35.6 Å². The van der Waals surface area contributed by atoms with Crippen LogP contribution in [-0.2, 0) is 9.59 Å². The fourth-order valence-electron chi connectivity index (χ4n) is 4.80. The molecule has 5 rings (SSSR count). The quantitative estimate of drug-likeness (QED) is 0.615. The van der Waals surface area contributed by atoms with Crippen molar-refractivity contribution in [3.63, 3.8) is 0 Å². The number of anilines is 2. The lowest BCUT2D eigenvalue weighted by molar-refractivity contribution is -0.134. The fourth-order valence-corrected chi connectivity index (χ4v) is 4.80. The molecule has 1 unspecified atom stereocenters. The van der Waals surface area contributed by atoms with Gasteiger partial charge in [-0.25, -0.2) is 9.97 Å². The van der Waals surface area contributed by atoms with Crippen LogP contribution in [0.3, 0.4) is 0 Å². The number of aromatic nitrogens is 2. The molecule has 3 aliphatic heterocycles. The van der Waals surface area contributed by atoms with Crippen molar-refractivity contribution in [1.29, 1.82) is 0 Å². The summed E-state index contributed by atoms with van der Waals surface area (Å²) in [5.41, 5.74) is 1.35. The van der Waals surface area contributed by atoms with Gasteiger partial charge in [-0.3, -0.25) is 14.6 Å². The van der Waals surface area contributed by atoms with Gasteiger partial charge in [0.05, 0.1) is 11.3 Å². The second-order valence-corrected chi connectivity index (χ2v) is 8.94. The van der Waals surface area contributed by atoms with E-state index < -0.39 is 5.92 Å². The maximum absolute atomic E-state index is 12.9. The molecule has 0 aliphatic carbocycles. The number of hydrogen-bond donors (Lipinski definition) is 2. The minimum Gasteiger partial charge on any atom is -0.484 e. The molecule has 2 aromatic rings. The summed E-state index contributed by atoms with van der Waals surface area (Å²) >= 11 is 0. The molecule has 2 atom stereocenters. The van der Waals surface area contributed by atoms with Crippen LogP contribution in [0, 0.1) is 0 Å². The van der Waals surface area contributed by atoms with Gasteiger partial charge in [0.25, 0.3) is 5.91 Å². The first-order chi connectivity index (χ1) is 16.6. The number of ether oxygens (including phenoxy) is 1. The van der Waals surface area contributed by atoms with Gasteiger partial charge in [-0.1, -0.05) is 6.07 Å².